The van der Waals surface area contributed by atoms with E-state index < -0.39 is 0 Å². The minimum atomic E-state index is -0.0642. The van der Waals surface area contributed by atoms with Gasteiger partial charge in [0.05, 0.1) is 0 Å². The van der Waals surface area contributed by atoms with E-state index in [1.165, 1.54) is 10.0 Å². The van der Waals surface area contributed by atoms with Crippen LogP contribution in [0.25, 0.3) is 0 Å². The third kappa shape index (κ3) is 2.96. The van der Waals surface area contributed by atoms with Crippen molar-refractivity contribution in [1.29, 1.82) is 0 Å². The number of hydrogen-bond donors (Lipinski definition) is 0. The van der Waals surface area contributed by atoms with Crippen molar-refractivity contribution in [3.05, 3.63) is 42.5 Å². The summed E-state index contributed by atoms with van der Waals surface area (Å²) in [6, 6.07) is 10.5. The molecule has 1 fully saturated rings. The molecule has 0 aliphatic carbocycles. The standard InChI is InChI=1S/C13H16O2Se/c1-10-8-12(13(14-2)15-9-10)16-11-6-4-3-5-7-11/h3-7,12-13H,1,8-9H2,2H3. The average Bonchev–Trinajstić information content (AvgIpc) is 2.31. The molecule has 0 amide bonds. The molecule has 1 heterocycles. The van der Waals surface area contributed by atoms with E-state index in [0.29, 0.717) is 26.4 Å². The molecule has 1 aromatic rings. The summed E-state index contributed by atoms with van der Waals surface area (Å²) < 4.78 is 12.4. The molecule has 0 spiro atoms. The second-order valence-corrected chi connectivity index (χ2v) is 6.59. The van der Waals surface area contributed by atoms with Gasteiger partial charge in [0.25, 0.3) is 0 Å². The first-order valence-electron chi connectivity index (χ1n) is 5.32. The van der Waals surface area contributed by atoms with Crippen molar-refractivity contribution in [2.45, 2.75) is 17.5 Å². The zero-order valence-electron chi connectivity index (χ0n) is 9.39. The van der Waals surface area contributed by atoms with E-state index >= 15 is 0 Å². The topological polar surface area (TPSA) is 18.5 Å². The Bertz CT molecular complexity index is 350. The van der Waals surface area contributed by atoms with Crippen LogP contribution >= 0.6 is 0 Å². The minimum absolute atomic E-state index is 0.0642. The Labute approximate surface area is 103 Å². The Morgan fingerprint density at radius 3 is 2.81 bits per heavy atom. The zero-order chi connectivity index (χ0) is 11.4. The monoisotopic (exact) mass is 284 g/mol. The van der Waals surface area contributed by atoms with Crippen molar-refractivity contribution in [2.75, 3.05) is 13.7 Å². The van der Waals surface area contributed by atoms with Gasteiger partial charge in [0.1, 0.15) is 0 Å². The normalized spacial score (nSPS) is 25.7. The van der Waals surface area contributed by atoms with Gasteiger partial charge in [-0.05, 0) is 0 Å². The first kappa shape index (κ1) is 11.9. The summed E-state index contributed by atoms with van der Waals surface area (Å²) in [5.41, 5.74) is 1.18. The van der Waals surface area contributed by atoms with Gasteiger partial charge in [-0.25, -0.2) is 0 Å². The third-order valence-electron chi connectivity index (χ3n) is 2.51. The van der Waals surface area contributed by atoms with Crippen LogP contribution in [0.15, 0.2) is 42.5 Å². The molecule has 1 aliphatic rings. The predicted octanol–water partition coefficient (Wildman–Crippen LogP) is 1.75. The van der Waals surface area contributed by atoms with E-state index in [1.54, 1.807) is 7.11 Å². The number of benzene rings is 1. The second kappa shape index (κ2) is 5.65. The van der Waals surface area contributed by atoms with E-state index in [1.807, 2.05) is 6.07 Å². The molecule has 1 aromatic carbocycles. The molecule has 0 N–H and O–H groups in total. The van der Waals surface area contributed by atoms with Gasteiger partial charge in [-0.15, -0.1) is 0 Å². The van der Waals surface area contributed by atoms with E-state index in [2.05, 4.69) is 30.8 Å². The molecule has 0 aromatic heterocycles. The summed E-state index contributed by atoms with van der Waals surface area (Å²) >= 11 is 0.380. The fraction of sp³-hybridized carbons (Fsp3) is 0.385. The van der Waals surface area contributed by atoms with Crippen LogP contribution in [0, 0.1) is 0 Å². The third-order valence-corrected chi connectivity index (χ3v) is 5.10. The maximum absolute atomic E-state index is 5.62. The Balaban J connectivity index is 2.03. The van der Waals surface area contributed by atoms with Gasteiger partial charge < -0.3 is 0 Å². The molecule has 0 saturated carbocycles. The van der Waals surface area contributed by atoms with Gasteiger partial charge in [-0.2, -0.15) is 0 Å². The summed E-state index contributed by atoms with van der Waals surface area (Å²) in [7, 11) is 1.72. The van der Waals surface area contributed by atoms with Gasteiger partial charge >= 0.3 is 103 Å². The number of methoxy groups -OCH3 is 1. The molecule has 0 bridgehead atoms. The van der Waals surface area contributed by atoms with Crippen LogP contribution in [0.2, 0.25) is 4.82 Å². The summed E-state index contributed by atoms with van der Waals surface area (Å²) in [5, 5.41) is 0. The Morgan fingerprint density at radius 1 is 1.38 bits per heavy atom. The van der Waals surface area contributed by atoms with Crippen LogP contribution in [0.5, 0.6) is 0 Å². The molecular weight excluding hydrogens is 267 g/mol. The molecule has 86 valence electrons. The predicted molar refractivity (Wildman–Crippen MR) is 66.1 cm³/mol. The molecule has 3 heteroatoms. The molecule has 1 saturated heterocycles. The SMILES string of the molecule is C=C1COC(OC)C([Se]c2ccccc2)C1. The Kier molecular flexibility index (Phi) is 4.19. The van der Waals surface area contributed by atoms with Crippen LogP contribution < -0.4 is 4.46 Å². The van der Waals surface area contributed by atoms with Crippen molar-refractivity contribution >= 4 is 19.4 Å². The van der Waals surface area contributed by atoms with Crippen molar-refractivity contribution in [3.63, 3.8) is 0 Å². The van der Waals surface area contributed by atoms with Crippen molar-refractivity contribution in [2.24, 2.45) is 0 Å². The van der Waals surface area contributed by atoms with Crippen LogP contribution in [0.3, 0.4) is 0 Å². The van der Waals surface area contributed by atoms with Gasteiger partial charge in [0.2, 0.25) is 0 Å². The van der Waals surface area contributed by atoms with Gasteiger partial charge in [0.15, 0.2) is 0 Å². The van der Waals surface area contributed by atoms with E-state index in [0.717, 1.165) is 6.42 Å². The molecular formula is C13H16O2Se. The van der Waals surface area contributed by atoms with Crippen LogP contribution in [-0.4, -0.2) is 35.0 Å². The summed E-state index contributed by atoms with van der Waals surface area (Å²) in [4.78, 5) is 0.446. The fourth-order valence-corrected chi connectivity index (χ4v) is 4.43. The molecule has 2 atom stereocenters. The van der Waals surface area contributed by atoms with Gasteiger partial charge in [-0.1, -0.05) is 0 Å². The molecule has 2 unspecified atom stereocenters. The van der Waals surface area contributed by atoms with E-state index in [-0.39, 0.29) is 6.29 Å². The van der Waals surface area contributed by atoms with Crippen molar-refractivity contribution in [1.82, 2.24) is 0 Å². The first-order valence-corrected chi connectivity index (χ1v) is 7.17. The van der Waals surface area contributed by atoms with E-state index in [9.17, 15) is 0 Å². The quantitative estimate of drug-likeness (QED) is 0.621. The van der Waals surface area contributed by atoms with Crippen LogP contribution in [-0.2, 0) is 9.47 Å². The van der Waals surface area contributed by atoms with Crippen LogP contribution in [0.1, 0.15) is 6.42 Å². The molecule has 2 rings (SSSR count). The van der Waals surface area contributed by atoms with Crippen molar-refractivity contribution < 1.29 is 9.47 Å². The molecule has 0 radical (unpaired) electrons. The molecule has 1 aliphatic heterocycles. The summed E-state index contributed by atoms with van der Waals surface area (Å²) in [6.45, 7) is 4.64. The van der Waals surface area contributed by atoms with Crippen LogP contribution in [0.4, 0.5) is 0 Å². The second-order valence-electron chi connectivity index (χ2n) is 3.84. The van der Waals surface area contributed by atoms with E-state index in [4.69, 9.17) is 9.47 Å². The maximum atomic E-state index is 5.62. The average molecular weight is 283 g/mol. The Hall–Kier alpha value is -0.601. The zero-order valence-corrected chi connectivity index (χ0v) is 11.1. The Morgan fingerprint density at radius 2 is 2.12 bits per heavy atom. The summed E-state index contributed by atoms with van der Waals surface area (Å²) in [5.74, 6) is 0. The first-order chi connectivity index (χ1) is 7.79. The number of hydrogen-bond acceptors (Lipinski definition) is 2. The number of ether oxygens (including phenoxy) is 2. The van der Waals surface area contributed by atoms with Gasteiger partial charge in [0, 0.05) is 0 Å². The summed E-state index contributed by atoms with van der Waals surface area (Å²) in [6.07, 6.45) is 0.957. The molecule has 16 heavy (non-hydrogen) atoms. The fourth-order valence-electron chi connectivity index (χ4n) is 1.74. The van der Waals surface area contributed by atoms with Gasteiger partial charge in [-0.3, -0.25) is 0 Å². The number of rotatable bonds is 3. The molecule has 2 nitrogen and oxygen atoms in total. The van der Waals surface area contributed by atoms with Crippen molar-refractivity contribution in [3.8, 4) is 0 Å².